The minimum atomic E-state index is 0.269. The van der Waals surface area contributed by atoms with Crippen molar-refractivity contribution in [1.29, 1.82) is 0 Å². The maximum atomic E-state index is 11.9. The summed E-state index contributed by atoms with van der Waals surface area (Å²) in [6.45, 7) is 2.74. The van der Waals surface area contributed by atoms with Crippen LogP contribution in [0.15, 0.2) is 5.38 Å². The topological polar surface area (TPSA) is 42.0 Å². The van der Waals surface area contributed by atoms with E-state index in [1.807, 2.05) is 6.92 Å². The van der Waals surface area contributed by atoms with Crippen LogP contribution in [0, 0.1) is 24.7 Å². The normalized spacial score (nSPS) is 30.1. The molecule has 4 heteroatoms. The summed E-state index contributed by atoms with van der Waals surface area (Å²) >= 11 is 1.68. The number of carbonyl (C=O) groups is 1. The van der Waals surface area contributed by atoms with E-state index in [2.05, 4.69) is 15.7 Å². The molecule has 0 aliphatic heterocycles. The SMILES string of the molecule is Cc1csc(CCNC(=O)C2CC3CC3C2)n1. The fourth-order valence-electron chi connectivity index (χ4n) is 2.88. The van der Waals surface area contributed by atoms with E-state index in [1.165, 1.54) is 6.42 Å². The van der Waals surface area contributed by atoms with Crippen LogP contribution < -0.4 is 5.32 Å². The zero-order valence-corrected chi connectivity index (χ0v) is 10.9. The minimum Gasteiger partial charge on any atom is -0.355 e. The second-order valence-corrected chi connectivity index (χ2v) is 6.29. The van der Waals surface area contributed by atoms with Crippen molar-refractivity contribution in [3.63, 3.8) is 0 Å². The van der Waals surface area contributed by atoms with Gasteiger partial charge >= 0.3 is 0 Å². The monoisotopic (exact) mass is 250 g/mol. The van der Waals surface area contributed by atoms with Crippen LogP contribution in [0.2, 0.25) is 0 Å². The number of nitrogens with one attached hydrogen (secondary N) is 1. The molecule has 0 spiro atoms. The van der Waals surface area contributed by atoms with Gasteiger partial charge in [-0.05, 0) is 38.0 Å². The van der Waals surface area contributed by atoms with E-state index in [9.17, 15) is 4.79 Å². The lowest BCUT2D eigenvalue weighted by Crippen LogP contribution is -2.31. The highest BCUT2D eigenvalue weighted by atomic mass is 32.1. The molecule has 0 saturated heterocycles. The Morgan fingerprint density at radius 3 is 2.88 bits per heavy atom. The maximum absolute atomic E-state index is 11.9. The number of rotatable bonds is 4. The van der Waals surface area contributed by atoms with E-state index in [1.54, 1.807) is 11.3 Å². The molecule has 1 heterocycles. The Kier molecular flexibility index (Phi) is 2.90. The number of amides is 1. The number of hydrogen-bond donors (Lipinski definition) is 1. The van der Waals surface area contributed by atoms with Crippen molar-refractivity contribution < 1.29 is 4.79 Å². The van der Waals surface area contributed by atoms with Gasteiger partial charge in [-0.3, -0.25) is 4.79 Å². The van der Waals surface area contributed by atoms with E-state index in [0.29, 0.717) is 5.92 Å². The lowest BCUT2D eigenvalue weighted by molar-refractivity contribution is -0.125. The summed E-state index contributed by atoms with van der Waals surface area (Å²) in [5.74, 6) is 2.34. The van der Waals surface area contributed by atoms with Crippen molar-refractivity contribution in [3.05, 3.63) is 16.1 Å². The van der Waals surface area contributed by atoms with Gasteiger partial charge in [0, 0.05) is 30.0 Å². The molecule has 2 aliphatic carbocycles. The Balaban J connectivity index is 1.40. The molecule has 2 unspecified atom stereocenters. The number of aromatic nitrogens is 1. The first kappa shape index (κ1) is 11.2. The van der Waals surface area contributed by atoms with Crippen LogP contribution in [-0.2, 0) is 11.2 Å². The van der Waals surface area contributed by atoms with Crippen LogP contribution in [0.1, 0.15) is 30.0 Å². The Hall–Kier alpha value is -0.900. The molecule has 17 heavy (non-hydrogen) atoms. The fourth-order valence-corrected chi connectivity index (χ4v) is 3.66. The third-order valence-corrected chi connectivity index (χ3v) is 4.95. The smallest absolute Gasteiger partial charge is 0.223 e. The van der Waals surface area contributed by atoms with Crippen molar-refractivity contribution in [3.8, 4) is 0 Å². The van der Waals surface area contributed by atoms with Crippen molar-refractivity contribution in [1.82, 2.24) is 10.3 Å². The molecule has 1 aromatic rings. The van der Waals surface area contributed by atoms with E-state index < -0.39 is 0 Å². The van der Waals surface area contributed by atoms with Gasteiger partial charge in [0.25, 0.3) is 0 Å². The van der Waals surface area contributed by atoms with Crippen LogP contribution in [0.5, 0.6) is 0 Å². The molecule has 1 aromatic heterocycles. The van der Waals surface area contributed by atoms with Gasteiger partial charge in [0.1, 0.15) is 0 Å². The van der Waals surface area contributed by atoms with Gasteiger partial charge in [0.05, 0.1) is 5.01 Å². The number of carbonyl (C=O) groups excluding carboxylic acids is 1. The van der Waals surface area contributed by atoms with Crippen LogP contribution in [0.4, 0.5) is 0 Å². The van der Waals surface area contributed by atoms with Crippen LogP contribution in [0.25, 0.3) is 0 Å². The highest BCUT2D eigenvalue weighted by Gasteiger charge is 2.47. The number of hydrogen-bond acceptors (Lipinski definition) is 3. The molecule has 2 aliphatic rings. The molecule has 0 aromatic carbocycles. The quantitative estimate of drug-likeness (QED) is 0.889. The molecular formula is C13H18N2OS. The van der Waals surface area contributed by atoms with E-state index in [-0.39, 0.29) is 5.91 Å². The summed E-state index contributed by atoms with van der Waals surface area (Å²) in [4.78, 5) is 16.3. The molecule has 92 valence electrons. The molecule has 1 N–H and O–H groups in total. The van der Waals surface area contributed by atoms with Gasteiger partial charge in [-0.15, -0.1) is 11.3 Å². The molecule has 2 fully saturated rings. The summed E-state index contributed by atoms with van der Waals surface area (Å²) in [6, 6.07) is 0. The van der Waals surface area contributed by atoms with Crippen molar-refractivity contribution >= 4 is 17.2 Å². The van der Waals surface area contributed by atoms with Crippen LogP contribution >= 0.6 is 11.3 Å². The second kappa shape index (κ2) is 4.41. The first-order chi connectivity index (χ1) is 8.22. The molecular weight excluding hydrogens is 232 g/mol. The van der Waals surface area contributed by atoms with Gasteiger partial charge in [-0.1, -0.05) is 0 Å². The van der Waals surface area contributed by atoms with Gasteiger partial charge in [0.2, 0.25) is 5.91 Å². The summed E-state index contributed by atoms with van der Waals surface area (Å²) in [7, 11) is 0. The van der Waals surface area contributed by atoms with Gasteiger partial charge in [-0.25, -0.2) is 4.98 Å². The first-order valence-electron chi connectivity index (χ1n) is 6.41. The fraction of sp³-hybridized carbons (Fsp3) is 0.692. The third kappa shape index (κ3) is 2.51. The second-order valence-electron chi connectivity index (χ2n) is 5.35. The van der Waals surface area contributed by atoms with E-state index in [4.69, 9.17) is 0 Å². The largest absolute Gasteiger partial charge is 0.355 e. The highest BCUT2D eigenvalue weighted by Crippen LogP contribution is 2.54. The molecule has 1 amide bonds. The predicted octanol–water partition coefficient (Wildman–Crippen LogP) is 2.16. The van der Waals surface area contributed by atoms with Crippen molar-refractivity contribution in [2.24, 2.45) is 17.8 Å². The zero-order chi connectivity index (χ0) is 11.8. The number of aryl methyl sites for hydroxylation is 1. The van der Waals surface area contributed by atoms with E-state index >= 15 is 0 Å². The molecule has 3 rings (SSSR count). The summed E-state index contributed by atoms with van der Waals surface area (Å²) in [5.41, 5.74) is 1.08. The maximum Gasteiger partial charge on any atom is 0.223 e. The van der Waals surface area contributed by atoms with Crippen LogP contribution in [0.3, 0.4) is 0 Å². The standard InChI is InChI=1S/C13H18N2OS/c1-8-7-17-12(15-8)2-3-14-13(16)11-5-9-4-10(9)6-11/h7,9-11H,2-6H2,1H3,(H,14,16). The number of nitrogens with zero attached hydrogens (tertiary/aromatic N) is 1. The lowest BCUT2D eigenvalue weighted by Gasteiger charge is -2.11. The first-order valence-corrected chi connectivity index (χ1v) is 7.29. The van der Waals surface area contributed by atoms with Crippen LogP contribution in [-0.4, -0.2) is 17.4 Å². The minimum absolute atomic E-state index is 0.269. The lowest BCUT2D eigenvalue weighted by atomic mass is 10.0. The summed E-state index contributed by atoms with van der Waals surface area (Å²) in [6.07, 6.45) is 4.51. The summed E-state index contributed by atoms with van der Waals surface area (Å²) in [5, 5.41) is 6.23. The van der Waals surface area contributed by atoms with Gasteiger partial charge in [-0.2, -0.15) is 0 Å². The van der Waals surface area contributed by atoms with Crippen molar-refractivity contribution in [2.75, 3.05) is 6.54 Å². The molecule has 3 nitrogen and oxygen atoms in total. The molecule has 0 radical (unpaired) electrons. The Labute approximate surface area is 106 Å². The van der Waals surface area contributed by atoms with Gasteiger partial charge in [0.15, 0.2) is 0 Å². The third-order valence-electron chi connectivity index (χ3n) is 3.92. The predicted molar refractivity (Wildman–Crippen MR) is 67.9 cm³/mol. The van der Waals surface area contributed by atoms with Crippen molar-refractivity contribution in [2.45, 2.75) is 32.6 Å². The Morgan fingerprint density at radius 2 is 2.24 bits per heavy atom. The average Bonchev–Trinajstić information content (AvgIpc) is 2.74. The number of thiazole rings is 1. The molecule has 2 saturated carbocycles. The molecule has 0 bridgehead atoms. The highest BCUT2D eigenvalue weighted by molar-refractivity contribution is 7.09. The average molecular weight is 250 g/mol. The zero-order valence-electron chi connectivity index (χ0n) is 10.1. The number of fused-ring (bicyclic) bond motifs is 1. The van der Waals surface area contributed by atoms with E-state index in [0.717, 1.165) is 48.3 Å². The molecule has 2 atom stereocenters. The van der Waals surface area contributed by atoms with Gasteiger partial charge < -0.3 is 5.32 Å². The Morgan fingerprint density at radius 1 is 1.47 bits per heavy atom. The summed E-state index contributed by atoms with van der Waals surface area (Å²) < 4.78 is 0. The Bertz CT molecular complexity index is 419.